The molecule has 1 heterocycles. The number of hydrogen-bond acceptors (Lipinski definition) is 3. The molecule has 0 radical (unpaired) electrons. The third kappa shape index (κ3) is 2.59. The van der Waals surface area contributed by atoms with E-state index < -0.39 is 0 Å². The van der Waals surface area contributed by atoms with Gasteiger partial charge in [-0.05, 0) is 53.2 Å². The molecule has 0 fully saturated rings. The number of aryl methyl sites for hydroxylation is 1. The molecule has 0 amide bonds. The summed E-state index contributed by atoms with van der Waals surface area (Å²) in [6.07, 6.45) is 0. The molecular formula is C17H13BrO3. The van der Waals surface area contributed by atoms with Gasteiger partial charge < -0.3 is 9.15 Å². The molecule has 0 bridgehead atoms. The smallest absolute Gasteiger partial charge is 0.193 e. The molecule has 0 saturated carbocycles. The largest absolute Gasteiger partial charge is 0.496 e. The van der Waals surface area contributed by atoms with Crippen molar-refractivity contribution in [2.75, 3.05) is 7.11 Å². The van der Waals surface area contributed by atoms with Gasteiger partial charge in [0.05, 0.1) is 17.0 Å². The van der Waals surface area contributed by atoms with Crippen molar-refractivity contribution in [2.24, 2.45) is 0 Å². The van der Waals surface area contributed by atoms with E-state index >= 15 is 0 Å². The second kappa shape index (κ2) is 5.37. The van der Waals surface area contributed by atoms with Crippen molar-refractivity contribution in [2.45, 2.75) is 6.92 Å². The summed E-state index contributed by atoms with van der Waals surface area (Å²) >= 11 is 3.44. The van der Waals surface area contributed by atoms with E-state index in [0.717, 1.165) is 21.3 Å². The Morgan fingerprint density at radius 1 is 1.10 bits per heavy atom. The minimum Gasteiger partial charge on any atom is -0.496 e. The fourth-order valence-electron chi connectivity index (χ4n) is 2.23. The van der Waals surface area contributed by atoms with E-state index in [1.165, 1.54) is 6.07 Å². The van der Waals surface area contributed by atoms with Crippen LogP contribution in [0.3, 0.4) is 0 Å². The Morgan fingerprint density at radius 3 is 2.62 bits per heavy atom. The number of halogens is 1. The van der Waals surface area contributed by atoms with E-state index in [9.17, 15) is 4.79 Å². The lowest BCUT2D eigenvalue weighted by atomic mass is 10.1. The van der Waals surface area contributed by atoms with Crippen LogP contribution in [0.15, 0.2) is 56.1 Å². The molecule has 21 heavy (non-hydrogen) atoms. The molecule has 4 heteroatoms. The van der Waals surface area contributed by atoms with Gasteiger partial charge in [0.2, 0.25) is 0 Å². The van der Waals surface area contributed by atoms with Gasteiger partial charge in [0.1, 0.15) is 17.1 Å². The average Bonchev–Trinajstić information content (AvgIpc) is 2.47. The van der Waals surface area contributed by atoms with Crippen molar-refractivity contribution in [1.82, 2.24) is 0 Å². The number of methoxy groups -OCH3 is 1. The molecule has 0 aliphatic carbocycles. The number of rotatable bonds is 2. The molecule has 0 aliphatic rings. The zero-order chi connectivity index (χ0) is 15.0. The Hall–Kier alpha value is -2.07. The van der Waals surface area contributed by atoms with Crippen LogP contribution in [0.2, 0.25) is 0 Å². The lowest BCUT2D eigenvalue weighted by molar-refractivity contribution is 0.412. The van der Waals surface area contributed by atoms with Crippen LogP contribution in [0.5, 0.6) is 5.75 Å². The number of benzene rings is 2. The van der Waals surface area contributed by atoms with Crippen LogP contribution >= 0.6 is 15.9 Å². The highest BCUT2D eigenvalue weighted by molar-refractivity contribution is 9.10. The zero-order valence-electron chi connectivity index (χ0n) is 11.6. The number of fused-ring (bicyclic) bond motifs is 1. The maximum absolute atomic E-state index is 12.2. The van der Waals surface area contributed by atoms with Gasteiger partial charge in [-0.25, -0.2) is 0 Å². The molecule has 0 N–H and O–H groups in total. The second-order valence-electron chi connectivity index (χ2n) is 4.82. The standard InChI is InChI=1S/C17H13BrO3/c1-10-3-5-15-12(7-10)14(19)9-17(21-15)11-4-6-16(20-2)13(18)8-11/h3-9H,1-2H3. The van der Waals surface area contributed by atoms with Gasteiger partial charge in [0, 0.05) is 11.6 Å². The van der Waals surface area contributed by atoms with Crippen LogP contribution in [0.25, 0.3) is 22.3 Å². The van der Waals surface area contributed by atoms with Gasteiger partial charge in [-0.2, -0.15) is 0 Å². The molecule has 3 rings (SSSR count). The summed E-state index contributed by atoms with van der Waals surface area (Å²) < 4.78 is 11.9. The fourth-order valence-corrected chi connectivity index (χ4v) is 2.77. The predicted octanol–water partition coefficient (Wildman–Crippen LogP) is 4.54. The van der Waals surface area contributed by atoms with Crippen molar-refractivity contribution >= 4 is 26.9 Å². The highest BCUT2D eigenvalue weighted by Crippen LogP contribution is 2.31. The minimum absolute atomic E-state index is 0.0399. The van der Waals surface area contributed by atoms with E-state index in [1.807, 2.05) is 43.3 Å². The van der Waals surface area contributed by atoms with Crippen LogP contribution in [-0.2, 0) is 0 Å². The van der Waals surface area contributed by atoms with E-state index in [1.54, 1.807) is 7.11 Å². The lowest BCUT2D eigenvalue weighted by Crippen LogP contribution is -2.00. The summed E-state index contributed by atoms with van der Waals surface area (Å²) in [5.41, 5.74) is 2.41. The average molecular weight is 345 g/mol. The highest BCUT2D eigenvalue weighted by atomic mass is 79.9. The molecule has 0 atom stereocenters. The van der Waals surface area contributed by atoms with Gasteiger partial charge in [-0.1, -0.05) is 11.6 Å². The Morgan fingerprint density at radius 2 is 1.90 bits per heavy atom. The Bertz CT molecular complexity index is 881. The molecule has 0 saturated heterocycles. The summed E-state index contributed by atoms with van der Waals surface area (Å²) in [5.74, 6) is 1.28. The normalized spacial score (nSPS) is 10.8. The molecule has 106 valence electrons. The quantitative estimate of drug-likeness (QED) is 0.685. The first-order valence-corrected chi connectivity index (χ1v) is 7.26. The Balaban J connectivity index is 2.19. The molecular weight excluding hydrogens is 332 g/mol. The summed E-state index contributed by atoms with van der Waals surface area (Å²) in [6.45, 7) is 1.95. The van der Waals surface area contributed by atoms with Crippen LogP contribution < -0.4 is 10.2 Å². The first-order chi connectivity index (χ1) is 10.1. The van der Waals surface area contributed by atoms with Gasteiger partial charge in [0.25, 0.3) is 0 Å². The van der Waals surface area contributed by atoms with Gasteiger partial charge in [-0.3, -0.25) is 4.79 Å². The number of hydrogen-bond donors (Lipinski definition) is 0. The van der Waals surface area contributed by atoms with E-state index in [2.05, 4.69) is 15.9 Å². The fraction of sp³-hybridized carbons (Fsp3) is 0.118. The molecule has 2 aromatic carbocycles. The monoisotopic (exact) mass is 344 g/mol. The Kier molecular flexibility index (Phi) is 3.55. The summed E-state index contributed by atoms with van der Waals surface area (Å²) in [5, 5.41) is 0.603. The molecule has 3 nitrogen and oxygen atoms in total. The third-order valence-corrected chi connectivity index (χ3v) is 3.94. The zero-order valence-corrected chi connectivity index (χ0v) is 13.2. The number of ether oxygens (including phenoxy) is 1. The van der Waals surface area contributed by atoms with E-state index in [-0.39, 0.29) is 5.43 Å². The molecule has 0 spiro atoms. The summed E-state index contributed by atoms with van der Waals surface area (Å²) in [6, 6.07) is 12.7. The molecule has 0 aliphatic heterocycles. The molecule has 0 unspecified atom stereocenters. The van der Waals surface area contributed by atoms with Gasteiger partial charge >= 0.3 is 0 Å². The van der Waals surface area contributed by atoms with Crippen molar-refractivity contribution in [3.05, 3.63) is 62.7 Å². The minimum atomic E-state index is -0.0399. The van der Waals surface area contributed by atoms with Gasteiger partial charge in [0.15, 0.2) is 5.43 Å². The van der Waals surface area contributed by atoms with Crippen molar-refractivity contribution in [1.29, 1.82) is 0 Å². The second-order valence-corrected chi connectivity index (χ2v) is 5.68. The summed E-state index contributed by atoms with van der Waals surface area (Å²) in [7, 11) is 1.61. The van der Waals surface area contributed by atoms with Crippen LogP contribution in [0, 0.1) is 6.92 Å². The van der Waals surface area contributed by atoms with Crippen LogP contribution in [0.1, 0.15) is 5.56 Å². The maximum atomic E-state index is 12.2. The Labute approximate surface area is 130 Å². The van der Waals surface area contributed by atoms with E-state index in [4.69, 9.17) is 9.15 Å². The van der Waals surface area contributed by atoms with E-state index in [0.29, 0.717) is 16.7 Å². The van der Waals surface area contributed by atoms with Crippen LogP contribution in [-0.4, -0.2) is 7.11 Å². The topological polar surface area (TPSA) is 39.4 Å². The SMILES string of the molecule is COc1ccc(-c2cc(=O)c3cc(C)ccc3o2)cc1Br. The maximum Gasteiger partial charge on any atom is 0.193 e. The predicted molar refractivity (Wildman–Crippen MR) is 86.9 cm³/mol. The molecule has 1 aromatic heterocycles. The first kappa shape index (κ1) is 13.9. The van der Waals surface area contributed by atoms with Crippen molar-refractivity contribution in [3.8, 4) is 17.1 Å². The molecule has 3 aromatic rings. The van der Waals surface area contributed by atoms with Gasteiger partial charge in [-0.15, -0.1) is 0 Å². The van der Waals surface area contributed by atoms with Crippen molar-refractivity contribution < 1.29 is 9.15 Å². The van der Waals surface area contributed by atoms with Crippen LogP contribution in [0.4, 0.5) is 0 Å². The highest BCUT2D eigenvalue weighted by Gasteiger charge is 2.09. The first-order valence-electron chi connectivity index (χ1n) is 6.47. The third-order valence-electron chi connectivity index (χ3n) is 3.32. The lowest BCUT2D eigenvalue weighted by Gasteiger charge is -2.07. The summed E-state index contributed by atoms with van der Waals surface area (Å²) in [4.78, 5) is 12.2. The van der Waals surface area contributed by atoms with Crippen molar-refractivity contribution in [3.63, 3.8) is 0 Å².